The minimum Gasteiger partial charge on any atom is -0.346 e. The van der Waals surface area contributed by atoms with Gasteiger partial charge in [0.2, 0.25) is 11.8 Å². The zero-order valence-corrected chi connectivity index (χ0v) is 17.0. The number of aryl methyl sites for hydroxylation is 1. The van der Waals surface area contributed by atoms with Gasteiger partial charge in [-0.05, 0) is 30.9 Å². The third-order valence-electron chi connectivity index (χ3n) is 3.90. The number of rotatable bonds is 0. The van der Waals surface area contributed by atoms with E-state index >= 15 is 0 Å². The van der Waals surface area contributed by atoms with Crippen molar-refractivity contribution in [2.75, 3.05) is 25.5 Å². The minimum atomic E-state index is 0.216. The molecule has 1 aromatic carbocycles. The summed E-state index contributed by atoms with van der Waals surface area (Å²) in [6.45, 7) is 9.21. The van der Waals surface area contributed by atoms with Gasteiger partial charge < -0.3 is 9.80 Å². The highest BCUT2D eigenvalue weighted by atomic mass is 16.2. The van der Waals surface area contributed by atoms with Crippen LogP contribution in [0.25, 0.3) is 0 Å². The van der Waals surface area contributed by atoms with E-state index in [-0.39, 0.29) is 5.91 Å². The van der Waals surface area contributed by atoms with Gasteiger partial charge in [-0.1, -0.05) is 52.3 Å². The Balaban J connectivity index is 0.000000385. The lowest BCUT2D eigenvalue weighted by molar-refractivity contribution is -0.131. The lowest BCUT2D eigenvalue weighted by atomic mass is 10.0. The van der Waals surface area contributed by atoms with E-state index in [9.17, 15) is 9.59 Å². The van der Waals surface area contributed by atoms with Crippen LogP contribution in [0.3, 0.4) is 0 Å². The molecule has 0 radical (unpaired) electrons. The van der Waals surface area contributed by atoms with Crippen molar-refractivity contribution >= 4 is 17.5 Å². The van der Waals surface area contributed by atoms with Gasteiger partial charge in [0.25, 0.3) is 0 Å². The Morgan fingerprint density at radius 2 is 1.48 bits per heavy atom. The molecule has 2 aliphatic heterocycles. The van der Waals surface area contributed by atoms with Gasteiger partial charge in [-0.3, -0.25) is 9.59 Å². The monoisotopic (exact) mass is 348 g/mol. The fourth-order valence-electron chi connectivity index (χ4n) is 2.53. The molecule has 142 valence electrons. The molecule has 0 N–H and O–H groups in total. The highest BCUT2D eigenvalue weighted by molar-refractivity contribution is 5.95. The van der Waals surface area contributed by atoms with Gasteiger partial charge in [-0.2, -0.15) is 0 Å². The molecule has 0 spiro atoms. The van der Waals surface area contributed by atoms with E-state index < -0.39 is 0 Å². The Morgan fingerprint density at radius 1 is 0.880 bits per heavy atom. The van der Waals surface area contributed by atoms with E-state index in [1.165, 1.54) is 18.4 Å². The Bertz CT molecular complexity index is 514. The number of nitrogens with zero attached hydrogens (tertiary/aromatic N) is 2. The summed E-state index contributed by atoms with van der Waals surface area (Å²) >= 11 is 0. The Morgan fingerprint density at radius 3 is 2.00 bits per heavy atom. The van der Waals surface area contributed by atoms with Crippen LogP contribution in [0.2, 0.25) is 0 Å². The molecular formula is C21H36N2O2. The van der Waals surface area contributed by atoms with Crippen LogP contribution in [0, 0.1) is 0 Å². The van der Waals surface area contributed by atoms with Gasteiger partial charge in [0, 0.05) is 39.2 Å². The second-order valence-electron chi connectivity index (χ2n) is 6.06. The molecule has 0 atom stereocenters. The standard InChI is InChI=1S/C10H11NO.C6H11NO.C3H8.C2H6/c1-11-9-5-3-2-4-8(9)6-7-10(11)12;1-7-5-3-2-4-6(7)8;1-3-2;1-2/h2-5H,6-7H2,1H3;2-5H2,1H3;3H2,1-2H3;1-2H3. The van der Waals surface area contributed by atoms with Gasteiger partial charge >= 0.3 is 0 Å². The number of piperidine rings is 1. The average Bonchev–Trinajstić information content (AvgIpc) is 2.64. The maximum Gasteiger partial charge on any atom is 0.227 e. The van der Waals surface area contributed by atoms with E-state index in [0.717, 1.165) is 31.5 Å². The number of para-hydroxylation sites is 1. The van der Waals surface area contributed by atoms with Crippen LogP contribution >= 0.6 is 0 Å². The molecule has 2 heterocycles. The maximum atomic E-state index is 11.3. The Kier molecular flexibility index (Phi) is 12.5. The zero-order valence-electron chi connectivity index (χ0n) is 17.0. The van der Waals surface area contributed by atoms with E-state index in [1.54, 1.807) is 9.80 Å². The molecule has 1 saturated heterocycles. The number of carbonyl (C=O) groups excluding carboxylic acids is 2. The predicted octanol–water partition coefficient (Wildman–Crippen LogP) is 4.67. The second kappa shape index (κ2) is 13.5. The van der Waals surface area contributed by atoms with Crippen molar-refractivity contribution in [3.8, 4) is 0 Å². The number of benzene rings is 1. The van der Waals surface area contributed by atoms with Gasteiger partial charge in [0.1, 0.15) is 0 Å². The predicted molar refractivity (Wildman–Crippen MR) is 107 cm³/mol. The number of likely N-dealkylation sites (tertiary alicyclic amines) is 1. The van der Waals surface area contributed by atoms with Gasteiger partial charge in [-0.25, -0.2) is 0 Å². The van der Waals surface area contributed by atoms with Crippen LogP contribution in [-0.4, -0.2) is 37.4 Å². The summed E-state index contributed by atoms with van der Waals surface area (Å²) in [6, 6.07) is 8.06. The SMILES string of the molecule is CC.CCC.CN1C(=O)CCc2ccccc21.CN1CCCCC1=O. The number of fused-ring (bicyclic) bond motifs is 1. The molecular weight excluding hydrogens is 312 g/mol. The summed E-state index contributed by atoms with van der Waals surface area (Å²) < 4.78 is 0. The van der Waals surface area contributed by atoms with Crippen molar-refractivity contribution in [3.05, 3.63) is 29.8 Å². The normalized spacial score (nSPS) is 15.6. The topological polar surface area (TPSA) is 40.6 Å². The largest absolute Gasteiger partial charge is 0.346 e. The summed E-state index contributed by atoms with van der Waals surface area (Å²) in [4.78, 5) is 25.5. The molecule has 3 rings (SSSR count). The van der Waals surface area contributed by atoms with Crippen molar-refractivity contribution in [1.29, 1.82) is 0 Å². The average molecular weight is 349 g/mol. The summed E-state index contributed by atoms with van der Waals surface area (Å²) in [5, 5.41) is 0. The lowest BCUT2D eigenvalue weighted by Gasteiger charge is -2.25. The van der Waals surface area contributed by atoms with Crippen LogP contribution in [0.1, 0.15) is 65.4 Å². The van der Waals surface area contributed by atoms with E-state index in [0.29, 0.717) is 12.3 Å². The van der Waals surface area contributed by atoms with Gasteiger partial charge in [0.05, 0.1) is 0 Å². The third kappa shape index (κ3) is 8.19. The van der Waals surface area contributed by atoms with Crippen LogP contribution < -0.4 is 4.90 Å². The molecule has 4 heteroatoms. The van der Waals surface area contributed by atoms with E-state index in [1.807, 2.05) is 46.1 Å². The molecule has 0 aliphatic carbocycles. The number of carbonyl (C=O) groups is 2. The molecule has 0 bridgehead atoms. The molecule has 0 saturated carbocycles. The van der Waals surface area contributed by atoms with Crippen molar-refractivity contribution in [1.82, 2.24) is 4.90 Å². The summed E-state index contributed by atoms with van der Waals surface area (Å²) in [5.41, 5.74) is 2.34. The van der Waals surface area contributed by atoms with Gasteiger partial charge in [0.15, 0.2) is 0 Å². The molecule has 0 unspecified atom stereocenters. The van der Waals surface area contributed by atoms with Crippen molar-refractivity contribution in [2.45, 2.75) is 66.2 Å². The zero-order chi connectivity index (χ0) is 19.2. The molecule has 25 heavy (non-hydrogen) atoms. The molecule has 1 fully saturated rings. The molecule has 4 nitrogen and oxygen atoms in total. The van der Waals surface area contributed by atoms with Crippen LogP contribution in [0.4, 0.5) is 5.69 Å². The van der Waals surface area contributed by atoms with Crippen LogP contribution in [0.15, 0.2) is 24.3 Å². The first-order chi connectivity index (χ1) is 12.0. The summed E-state index contributed by atoms with van der Waals surface area (Å²) in [7, 11) is 3.70. The molecule has 0 aromatic heterocycles. The minimum absolute atomic E-state index is 0.216. The van der Waals surface area contributed by atoms with Crippen LogP contribution in [0.5, 0.6) is 0 Å². The Labute approximate surface area is 154 Å². The summed E-state index contributed by atoms with van der Waals surface area (Å²) in [5.74, 6) is 0.518. The maximum absolute atomic E-state index is 11.3. The number of anilines is 1. The van der Waals surface area contributed by atoms with Crippen LogP contribution in [-0.2, 0) is 16.0 Å². The van der Waals surface area contributed by atoms with Crippen molar-refractivity contribution < 1.29 is 9.59 Å². The fraction of sp³-hybridized carbons (Fsp3) is 0.619. The first-order valence-corrected chi connectivity index (χ1v) is 9.59. The number of hydrogen-bond acceptors (Lipinski definition) is 2. The molecule has 2 amide bonds. The summed E-state index contributed by atoms with van der Waals surface area (Å²) in [6.07, 6.45) is 5.81. The first-order valence-electron chi connectivity index (χ1n) is 9.59. The Hall–Kier alpha value is -1.84. The molecule has 1 aromatic rings. The smallest absolute Gasteiger partial charge is 0.227 e. The van der Waals surface area contributed by atoms with Gasteiger partial charge in [-0.15, -0.1) is 0 Å². The van der Waals surface area contributed by atoms with Crippen molar-refractivity contribution in [3.63, 3.8) is 0 Å². The molecule has 2 aliphatic rings. The highest BCUT2D eigenvalue weighted by Crippen LogP contribution is 2.25. The quantitative estimate of drug-likeness (QED) is 0.684. The van der Waals surface area contributed by atoms with E-state index in [4.69, 9.17) is 0 Å². The highest BCUT2D eigenvalue weighted by Gasteiger charge is 2.19. The first kappa shape index (κ1) is 23.2. The second-order valence-corrected chi connectivity index (χ2v) is 6.06. The lowest BCUT2D eigenvalue weighted by Crippen LogP contribution is -2.31. The van der Waals surface area contributed by atoms with Crippen molar-refractivity contribution in [2.24, 2.45) is 0 Å². The number of hydrogen-bond donors (Lipinski definition) is 0. The third-order valence-corrected chi connectivity index (χ3v) is 3.90. The number of amides is 2. The van der Waals surface area contributed by atoms with E-state index in [2.05, 4.69) is 19.9 Å². The fourth-order valence-corrected chi connectivity index (χ4v) is 2.53.